The van der Waals surface area contributed by atoms with Crippen molar-refractivity contribution in [2.24, 2.45) is 11.8 Å². The molecule has 3 atom stereocenters. The van der Waals surface area contributed by atoms with Crippen LogP contribution in [0.5, 0.6) is 11.5 Å². The molecule has 1 aromatic rings. The van der Waals surface area contributed by atoms with E-state index in [1.54, 1.807) is 20.3 Å². The van der Waals surface area contributed by atoms with E-state index in [-0.39, 0.29) is 0 Å². The fourth-order valence-electron chi connectivity index (χ4n) is 2.91. The Bertz CT molecular complexity index is 464. The van der Waals surface area contributed by atoms with Crippen molar-refractivity contribution in [3.63, 3.8) is 0 Å². The molecule has 3 unspecified atom stereocenters. The lowest BCUT2D eigenvalue weighted by Crippen LogP contribution is -2.33. The monoisotopic (exact) mass is 297 g/mol. The van der Waals surface area contributed by atoms with E-state index >= 15 is 0 Å². The summed E-state index contributed by atoms with van der Waals surface area (Å²) >= 11 is 6.14. The quantitative estimate of drug-likeness (QED) is 0.881. The van der Waals surface area contributed by atoms with Crippen LogP contribution in [0.4, 0.5) is 5.69 Å². The minimum Gasteiger partial charge on any atom is -0.495 e. The third-order valence-corrected chi connectivity index (χ3v) is 4.57. The molecule has 1 fully saturated rings. The first kappa shape index (κ1) is 15.3. The average molecular weight is 298 g/mol. The summed E-state index contributed by atoms with van der Waals surface area (Å²) in [6, 6.07) is 4.20. The number of hydrogen-bond donors (Lipinski definition) is 1. The second-order valence-corrected chi connectivity index (χ2v) is 6.24. The van der Waals surface area contributed by atoms with Crippen LogP contribution < -0.4 is 14.8 Å². The van der Waals surface area contributed by atoms with Crippen molar-refractivity contribution in [2.45, 2.75) is 39.2 Å². The smallest absolute Gasteiger partial charge is 0.143 e. The molecule has 20 heavy (non-hydrogen) atoms. The maximum absolute atomic E-state index is 6.14. The SMILES string of the molecule is COc1cc(NC2CC(C)CCC2C)c(OC)cc1Cl. The van der Waals surface area contributed by atoms with E-state index in [4.69, 9.17) is 21.1 Å². The molecule has 0 radical (unpaired) electrons. The molecule has 1 aliphatic rings. The first-order valence-corrected chi connectivity index (χ1v) is 7.61. The molecular formula is C16H24ClNO2. The minimum atomic E-state index is 0.471. The lowest BCUT2D eigenvalue weighted by molar-refractivity contribution is 0.280. The van der Waals surface area contributed by atoms with Crippen molar-refractivity contribution >= 4 is 17.3 Å². The van der Waals surface area contributed by atoms with Gasteiger partial charge >= 0.3 is 0 Å². The summed E-state index contributed by atoms with van der Waals surface area (Å²) in [6.45, 7) is 4.63. The maximum atomic E-state index is 6.14. The molecule has 1 aromatic carbocycles. The van der Waals surface area contributed by atoms with Gasteiger partial charge in [0.2, 0.25) is 0 Å². The maximum Gasteiger partial charge on any atom is 0.143 e. The van der Waals surface area contributed by atoms with Gasteiger partial charge in [-0.25, -0.2) is 0 Å². The Hall–Kier alpha value is -1.09. The standard InChI is InChI=1S/C16H24ClNO2/c1-10-5-6-11(2)13(7-10)18-14-9-15(19-3)12(17)8-16(14)20-4/h8-11,13,18H,5-7H2,1-4H3. The second kappa shape index (κ2) is 6.57. The molecule has 0 aliphatic heterocycles. The van der Waals surface area contributed by atoms with Crippen LogP contribution in [-0.2, 0) is 0 Å². The predicted molar refractivity (Wildman–Crippen MR) is 84.1 cm³/mol. The number of ether oxygens (including phenoxy) is 2. The van der Waals surface area contributed by atoms with Gasteiger partial charge in [-0.1, -0.05) is 31.9 Å². The molecule has 0 spiro atoms. The van der Waals surface area contributed by atoms with E-state index in [2.05, 4.69) is 19.2 Å². The van der Waals surface area contributed by atoms with E-state index in [0.29, 0.717) is 22.7 Å². The molecular weight excluding hydrogens is 274 g/mol. The van der Waals surface area contributed by atoms with Crippen molar-refractivity contribution in [2.75, 3.05) is 19.5 Å². The number of anilines is 1. The highest BCUT2D eigenvalue weighted by Crippen LogP contribution is 2.38. The molecule has 0 aromatic heterocycles. The van der Waals surface area contributed by atoms with Crippen molar-refractivity contribution in [3.8, 4) is 11.5 Å². The highest BCUT2D eigenvalue weighted by atomic mass is 35.5. The van der Waals surface area contributed by atoms with Crippen LogP contribution in [-0.4, -0.2) is 20.3 Å². The lowest BCUT2D eigenvalue weighted by atomic mass is 9.80. The van der Waals surface area contributed by atoms with Crippen LogP contribution in [0.2, 0.25) is 5.02 Å². The molecule has 0 saturated heterocycles. The first-order chi connectivity index (χ1) is 9.55. The number of methoxy groups -OCH3 is 2. The van der Waals surface area contributed by atoms with Crippen molar-refractivity contribution in [3.05, 3.63) is 17.2 Å². The van der Waals surface area contributed by atoms with Crippen LogP contribution >= 0.6 is 11.6 Å². The third-order valence-electron chi connectivity index (χ3n) is 4.27. The van der Waals surface area contributed by atoms with Crippen molar-refractivity contribution in [1.29, 1.82) is 0 Å². The predicted octanol–water partition coefficient (Wildman–Crippen LogP) is 4.59. The highest BCUT2D eigenvalue weighted by molar-refractivity contribution is 6.32. The summed E-state index contributed by atoms with van der Waals surface area (Å²) in [5, 5.41) is 4.19. The van der Waals surface area contributed by atoms with Gasteiger partial charge in [0.05, 0.1) is 24.9 Å². The first-order valence-electron chi connectivity index (χ1n) is 7.23. The van der Waals surface area contributed by atoms with Gasteiger partial charge in [-0.05, 0) is 24.7 Å². The van der Waals surface area contributed by atoms with E-state index in [9.17, 15) is 0 Å². The summed E-state index contributed by atoms with van der Waals surface area (Å²) < 4.78 is 10.7. The molecule has 112 valence electrons. The minimum absolute atomic E-state index is 0.471. The molecule has 0 amide bonds. The van der Waals surface area contributed by atoms with Gasteiger partial charge in [-0.3, -0.25) is 0 Å². The second-order valence-electron chi connectivity index (χ2n) is 5.83. The average Bonchev–Trinajstić information content (AvgIpc) is 2.44. The Labute approximate surface area is 126 Å². The fourth-order valence-corrected chi connectivity index (χ4v) is 3.14. The number of rotatable bonds is 4. The largest absolute Gasteiger partial charge is 0.495 e. The Morgan fingerprint density at radius 1 is 1.10 bits per heavy atom. The zero-order chi connectivity index (χ0) is 14.7. The number of benzene rings is 1. The van der Waals surface area contributed by atoms with Gasteiger partial charge in [0.15, 0.2) is 0 Å². The van der Waals surface area contributed by atoms with E-state index in [1.165, 1.54) is 19.3 Å². The van der Waals surface area contributed by atoms with E-state index < -0.39 is 0 Å². The molecule has 4 heteroatoms. The third kappa shape index (κ3) is 3.32. The Morgan fingerprint density at radius 3 is 2.45 bits per heavy atom. The molecule has 0 heterocycles. The van der Waals surface area contributed by atoms with Crippen molar-refractivity contribution in [1.82, 2.24) is 0 Å². The molecule has 1 aliphatic carbocycles. The number of halogens is 1. The zero-order valence-corrected chi connectivity index (χ0v) is 13.5. The van der Waals surface area contributed by atoms with Crippen LogP contribution in [0.1, 0.15) is 33.1 Å². The lowest BCUT2D eigenvalue weighted by Gasteiger charge is -2.34. The Kier molecular flexibility index (Phi) is 5.03. The molecule has 2 rings (SSSR count). The topological polar surface area (TPSA) is 30.5 Å². The normalized spacial score (nSPS) is 26.1. The van der Waals surface area contributed by atoms with Gasteiger partial charge in [-0.15, -0.1) is 0 Å². The summed E-state index contributed by atoms with van der Waals surface area (Å²) in [5.41, 5.74) is 0.958. The summed E-state index contributed by atoms with van der Waals surface area (Å²) in [6.07, 6.45) is 3.78. The number of hydrogen-bond acceptors (Lipinski definition) is 3. The summed E-state index contributed by atoms with van der Waals surface area (Å²) in [5.74, 6) is 2.87. The Balaban J connectivity index is 2.22. The van der Waals surface area contributed by atoms with Gasteiger partial charge in [0.1, 0.15) is 11.5 Å². The van der Waals surface area contributed by atoms with Crippen LogP contribution in [0.15, 0.2) is 12.1 Å². The zero-order valence-electron chi connectivity index (χ0n) is 12.7. The van der Waals surface area contributed by atoms with Gasteiger partial charge in [0, 0.05) is 18.2 Å². The van der Waals surface area contributed by atoms with Gasteiger partial charge in [-0.2, -0.15) is 0 Å². The number of nitrogens with one attached hydrogen (secondary N) is 1. The molecule has 0 bridgehead atoms. The van der Waals surface area contributed by atoms with Gasteiger partial charge < -0.3 is 14.8 Å². The molecule has 3 nitrogen and oxygen atoms in total. The molecule has 1 N–H and O–H groups in total. The van der Waals surface area contributed by atoms with E-state index in [0.717, 1.165) is 17.4 Å². The Morgan fingerprint density at radius 2 is 1.80 bits per heavy atom. The van der Waals surface area contributed by atoms with Gasteiger partial charge in [0.25, 0.3) is 0 Å². The van der Waals surface area contributed by atoms with Crippen LogP contribution in [0.3, 0.4) is 0 Å². The van der Waals surface area contributed by atoms with Crippen LogP contribution in [0.25, 0.3) is 0 Å². The summed E-state index contributed by atoms with van der Waals surface area (Å²) in [4.78, 5) is 0. The van der Waals surface area contributed by atoms with Crippen LogP contribution in [0, 0.1) is 11.8 Å². The highest BCUT2D eigenvalue weighted by Gasteiger charge is 2.26. The van der Waals surface area contributed by atoms with E-state index in [1.807, 2.05) is 6.07 Å². The fraction of sp³-hybridized carbons (Fsp3) is 0.625. The molecule has 1 saturated carbocycles. The van der Waals surface area contributed by atoms with Crippen molar-refractivity contribution < 1.29 is 9.47 Å². The summed E-state index contributed by atoms with van der Waals surface area (Å²) in [7, 11) is 3.29.